The Morgan fingerprint density at radius 1 is 1.11 bits per heavy atom. The van der Waals surface area contributed by atoms with E-state index in [1.54, 1.807) is 6.07 Å². The Morgan fingerprint density at radius 2 is 1.89 bits per heavy atom. The maximum absolute atomic E-state index is 13.1. The monoisotopic (exact) mass is 255 g/mol. The SMILES string of the molecule is CN(c1ccc(F)cc1N)c1c[nH]c2ccccc12. The predicted octanol–water partition coefficient (Wildman–Crippen LogP) is 3.66. The molecule has 0 unspecified atom stereocenters. The molecule has 0 atom stereocenters. The predicted molar refractivity (Wildman–Crippen MR) is 77.2 cm³/mol. The van der Waals surface area contributed by atoms with Gasteiger partial charge in [0, 0.05) is 24.1 Å². The van der Waals surface area contributed by atoms with Crippen molar-refractivity contribution in [2.24, 2.45) is 0 Å². The highest BCUT2D eigenvalue weighted by Crippen LogP contribution is 2.33. The molecule has 0 aliphatic rings. The van der Waals surface area contributed by atoms with Crippen molar-refractivity contribution >= 4 is 28.0 Å². The summed E-state index contributed by atoms with van der Waals surface area (Å²) in [5, 5.41) is 1.11. The van der Waals surface area contributed by atoms with E-state index < -0.39 is 0 Å². The van der Waals surface area contributed by atoms with Gasteiger partial charge >= 0.3 is 0 Å². The lowest BCUT2D eigenvalue weighted by atomic mass is 10.2. The second-order valence-corrected chi connectivity index (χ2v) is 4.48. The first-order chi connectivity index (χ1) is 9.16. The minimum atomic E-state index is -0.325. The van der Waals surface area contributed by atoms with E-state index in [0.717, 1.165) is 22.3 Å². The summed E-state index contributed by atoms with van der Waals surface area (Å²) in [4.78, 5) is 5.17. The summed E-state index contributed by atoms with van der Waals surface area (Å²) in [7, 11) is 1.92. The number of hydrogen-bond donors (Lipinski definition) is 2. The lowest BCUT2D eigenvalue weighted by Crippen LogP contribution is -2.11. The van der Waals surface area contributed by atoms with Crippen molar-refractivity contribution < 1.29 is 4.39 Å². The number of hydrogen-bond acceptors (Lipinski definition) is 2. The highest BCUT2D eigenvalue weighted by molar-refractivity contribution is 5.95. The van der Waals surface area contributed by atoms with Crippen LogP contribution in [0.5, 0.6) is 0 Å². The molecule has 0 fully saturated rings. The first-order valence-corrected chi connectivity index (χ1v) is 6.01. The number of H-pyrrole nitrogens is 1. The maximum atomic E-state index is 13.1. The van der Waals surface area contributed by atoms with Gasteiger partial charge in [-0.3, -0.25) is 0 Å². The zero-order valence-electron chi connectivity index (χ0n) is 10.5. The van der Waals surface area contributed by atoms with Crippen LogP contribution < -0.4 is 10.6 Å². The summed E-state index contributed by atoms with van der Waals surface area (Å²) in [6, 6.07) is 12.5. The van der Waals surface area contributed by atoms with Crippen LogP contribution in [0.1, 0.15) is 0 Å². The van der Waals surface area contributed by atoms with Crippen LogP contribution >= 0.6 is 0 Å². The summed E-state index contributed by atoms with van der Waals surface area (Å²) in [6.07, 6.45) is 1.92. The quantitative estimate of drug-likeness (QED) is 0.686. The van der Waals surface area contributed by atoms with Crippen molar-refractivity contribution in [3.05, 3.63) is 54.5 Å². The van der Waals surface area contributed by atoms with Crippen LogP contribution in [0.3, 0.4) is 0 Å². The average Bonchev–Trinajstić information content (AvgIpc) is 2.82. The van der Waals surface area contributed by atoms with Gasteiger partial charge in [-0.05, 0) is 24.3 Å². The van der Waals surface area contributed by atoms with Gasteiger partial charge in [-0.1, -0.05) is 18.2 Å². The average molecular weight is 255 g/mol. The standard InChI is InChI=1S/C15H14FN3/c1-19(14-7-6-10(16)8-12(14)17)15-9-18-13-5-3-2-4-11(13)15/h2-9,18H,17H2,1H3. The molecular formula is C15H14FN3. The Kier molecular flexibility index (Phi) is 2.63. The fourth-order valence-corrected chi connectivity index (χ4v) is 2.29. The molecule has 3 rings (SSSR count). The fraction of sp³-hybridized carbons (Fsp3) is 0.0667. The van der Waals surface area contributed by atoms with Gasteiger partial charge in [-0.25, -0.2) is 4.39 Å². The Morgan fingerprint density at radius 3 is 2.68 bits per heavy atom. The number of anilines is 3. The number of para-hydroxylation sites is 1. The Balaban J connectivity index is 2.10. The van der Waals surface area contributed by atoms with Crippen LogP contribution in [0, 0.1) is 5.82 Å². The van der Waals surface area contributed by atoms with E-state index >= 15 is 0 Å². The van der Waals surface area contributed by atoms with Crippen molar-refractivity contribution in [2.75, 3.05) is 17.7 Å². The van der Waals surface area contributed by atoms with Crippen LogP contribution in [-0.2, 0) is 0 Å². The molecule has 3 nitrogen and oxygen atoms in total. The Labute approximate surface area is 110 Å². The maximum Gasteiger partial charge on any atom is 0.125 e. The number of nitrogens with two attached hydrogens (primary N) is 1. The summed E-state index contributed by atoms with van der Waals surface area (Å²) in [5.74, 6) is -0.325. The third-order valence-electron chi connectivity index (χ3n) is 3.28. The molecule has 0 aliphatic heterocycles. The highest BCUT2D eigenvalue weighted by atomic mass is 19.1. The molecule has 3 N–H and O–H groups in total. The lowest BCUT2D eigenvalue weighted by Gasteiger charge is -2.20. The Bertz CT molecular complexity index is 733. The van der Waals surface area contributed by atoms with Gasteiger partial charge in [-0.2, -0.15) is 0 Å². The van der Waals surface area contributed by atoms with Gasteiger partial charge in [0.05, 0.1) is 17.1 Å². The summed E-state index contributed by atoms with van der Waals surface area (Å²) in [6.45, 7) is 0. The second-order valence-electron chi connectivity index (χ2n) is 4.48. The summed E-state index contributed by atoms with van der Waals surface area (Å²) in [5.41, 5.74) is 9.16. The number of nitrogens with zero attached hydrogens (tertiary/aromatic N) is 1. The molecular weight excluding hydrogens is 241 g/mol. The smallest absolute Gasteiger partial charge is 0.125 e. The molecule has 1 heterocycles. The molecule has 0 saturated carbocycles. The molecule has 0 spiro atoms. The van der Waals surface area contributed by atoms with Crippen molar-refractivity contribution in [3.63, 3.8) is 0 Å². The van der Waals surface area contributed by atoms with Crippen LogP contribution in [0.25, 0.3) is 10.9 Å². The van der Waals surface area contributed by atoms with Crippen LogP contribution in [0.15, 0.2) is 48.7 Å². The molecule has 2 aromatic carbocycles. The molecule has 0 bridgehead atoms. The minimum Gasteiger partial charge on any atom is -0.397 e. The van der Waals surface area contributed by atoms with E-state index in [2.05, 4.69) is 4.98 Å². The summed E-state index contributed by atoms with van der Waals surface area (Å²) < 4.78 is 13.1. The van der Waals surface area contributed by atoms with Gasteiger partial charge in [0.1, 0.15) is 5.82 Å². The van der Waals surface area contributed by atoms with E-state index in [9.17, 15) is 4.39 Å². The number of aromatic nitrogens is 1. The van der Waals surface area contributed by atoms with E-state index in [0.29, 0.717) is 5.69 Å². The molecule has 0 saturated heterocycles. The molecule has 19 heavy (non-hydrogen) atoms. The number of rotatable bonds is 2. The van der Waals surface area contributed by atoms with E-state index in [-0.39, 0.29) is 5.82 Å². The third-order valence-corrected chi connectivity index (χ3v) is 3.28. The normalized spacial score (nSPS) is 10.8. The number of nitrogen functional groups attached to an aromatic ring is 1. The number of fused-ring (bicyclic) bond motifs is 1. The van der Waals surface area contributed by atoms with E-state index in [4.69, 9.17) is 5.73 Å². The molecule has 3 aromatic rings. The number of aromatic amines is 1. The van der Waals surface area contributed by atoms with Crippen LogP contribution in [0.2, 0.25) is 0 Å². The van der Waals surface area contributed by atoms with Crippen LogP contribution in [-0.4, -0.2) is 12.0 Å². The lowest BCUT2D eigenvalue weighted by molar-refractivity contribution is 0.628. The third kappa shape index (κ3) is 1.91. The molecule has 0 radical (unpaired) electrons. The molecule has 1 aromatic heterocycles. The van der Waals surface area contributed by atoms with Crippen molar-refractivity contribution in [2.45, 2.75) is 0 Å². The van der Waals surface area contributed by atoms with Crippen molar-refractivity contribution in [1.29, 1.82) is 0 Å². The van der Waals surface area contributed by atoms with E-state index in [1.165, 1.54) is 12.1 Å². The number of halogens is 1. The van der Waals surface area contributed by atoms with Crippen LogP contribution in [0.4, 0.5) is 21.5 Å². The van der Waals surface area contributed by atoms with Gasteiger partial charge in [0.25, 0.3) is 0 Å². The first-order valence-electron chi connectivity index (χ1n) is 6.01. The van der Waals surface area contributed by atoms with Crippen molar-refractivity contribution in [1.82, 2.24) is 4.98 Å². The first kappa shape index (κ1) is 11.6. The van der Waals surface area contributed by atoms with Gasteiger partial charge < -0.3 is 15.6 Å². The highest BCUT2D eigenvalue weighted by Gasteiger charge is 2.12. The topological polar surface area (TPSA) is 45.0 Å². The number of benzene rings is 2. The zero-order chi connectivity index (χ0) is 13.4. The fourth-order valence-electron chi connectivity index (χ4n) is 2.29. The molecule has 4 heteroatoms. The molecule has 0 amide bonds. The second kappa shape index (κ2) is 4.31. The molecule has 96 valence electrons. The van der Waals surface area contributed by atoms with Gasteiger partial charge in [0.2, 0.25) is 0 Å². The Hall–Kier alpha value is -2.49. The van der Waals surface area contributed by atoms with Gasteiger partial charge in [-0.15, -0.1) is 0 Å². The zero-order valence-corrected chi connectivity index (χ0v) is 10.5. The number of nitrogens with one attached hydrogen (secondary N) is 1. The van der Waals surface area contributed by atoms with Gasteiger partial charge in [0.15, 0.2) is 0 Å². The summed E-state index contributed by atoms with van der Waals surface area (Å²) >= 11 is 0. The molecule has 0 aliphatic carbocycles. The largest absolute Gasteiger partial charge is 0.397 e. The minimum absolute atomic E-state index is 0.325. The van der Waals surface area contributed by atoms with Crippen molar-refractivity contribution in [3.8, 4) is 0 Å². The van der Waals surface area contributed by atoms with E-state index in [1.807, 2.05) is 42.4 Å².